The fourth-order valence-corrected chi connectivity index (χ4v) is 2.71. The Labute approximate surface area is 129 Å². The van der Waals surface area contributed by atoms with Gasteiger partial charge in [0, 0.05) is 0 Å². The Kier molecular flexibility index (Phi) is 4.06. The standard InChI is InChI=1S/C10H15N6O6P/c11-5-4(1-21-23(18,19)20)22-10(7(5)17)16-3-15-6-8(12)13-2-14-9(6)16/h2-5,7,10,17H,1,11H2,(H2,12,13,14)(H2,18,19,20)/t4-,5?,7?,10-/m1/s1. The predicted octanol–water partition coefficient (Wildman–Crippen LogP) is -1.90. The minimum Gasteiger partial charge on any atom is -0.387 e. The van der Waals surface area contributed by atoms with Crippen LogP contribution in [0.4, 0.5) is 5.82 Å². The van der Waals surface area contributed by atoms with Gasteiger partial charge in [0.1, 0.15) is 24.1 Å². The first-order valence-corrected chi connectivity index (χ1v) is 8.03. The Morgan fingerprint density at radius 2 is 2.13 bits per heavy atom. The third-order valence-electron chi connectivity index (χ3n) is 3.50. The summed E-state index contributed by atoms with van der Waals surface area (Å²) in [7, 11) is -4.66. The number of aromatic nitrogens is 4. The van der Waals surface area contributed by atoms with Crippen molar-refractivity contribution < 1.29 is 28.7 Å². The Hall–Kier alpha value is -1.66. The Morgan fingerprint density at radius 1 is 1.39 bits per heavy atom. The van der Waals surface area contributed by atoms with E-state index < -0.39 is 38.9 Å². The molecule has 4 atom stereocenters. The number of rotatable bonds is 4. The zero-order valence-electron chi connectivity index (χ0n) is 11.6. The third-order valence-corrected chi connectivity index (χ3v) is 3.98. The van der Waals surface area contributed by atoms with E-state index in [1.54, 1.807) is 0 Å². The first kappa shape index (κ1) is 16.2. The van der Waals surface area contributed by atoms with Crippen LogP contribution in [0.2, 0.25) is 0 Å². The van der Waals surface area contributed by atoms with Crippen molar-refractivity contribution in [3.8, 4) is 0 Å². The number of phosphoric ester groups is 1. The Bertz CT molecular complexity index is 763. The number of nitrogen functional groups attached to an aromatic ring is 1. The highest BCUT2D eigenvalue weighted by atomic mass is 31.2. The molecule has 0 aromatic carbocycles. The SMILES string of the molecule is Nc1ncnc2c1ncn2[C@@H]1O[C@H](COP(=O)(O)O)C(N)C1O. The third kappa shape index (κ3) is 3.05. The van der Waals surface area contributed by atoms with Crippen LogP contribution in [0.25, 0.3) is 11.2 Å². The van der Waals surface area contributed by atoms with Gasteiger partial charge in [0.25, 0.3) is 0 Å². The van der Waals surface area contributed by atoms with Crippen LogP contribution < -0.4 is 11.5 Å². The summed E-state index contributed by atoms with van der Waals surface area (Å²) in [5.41, 5.74) is 12.2. The van der Waals surface area contributed by atoms with E-state index in [0.717, 1.165) is 0 Å². The van der Waals surface area contributed by atoms with Gasteiger partial charge in [-0.05, 0) is 0 Å². The van der Waals surface area contributed by atoms with Crippen molar-refractivity contribution in [1.82, 2.24) is 19.5 Å². The molecule has 3 rings (SSSR count). The van der Waals surface area contributed by atoms with Crippen LogP contribution >= 0.6 is 7.82 Å². The molecule has 1 aliphatic heterocycles. The summed E-state index contributed by atoms with van der Waals surface area (Å²) in [5.74, 6) is 0.173. The van der Waals surface area contributed by atoms with Gasteiger partial charge < -0.3 is 31.1 Å². The van der Waals surface area contributed by atoms with Crippen LogP contribution in [-0.2, 0) is 13.8 Å². The van der Waals surface area contributed by atoms with E-state index in [-0.39, 0.29) is 5.82 Å². The summed E-state index contributed by atoms with van der Waals surface area (Å²) in [6, 6.07) is -0.914. The highest BCUT2D eigenvalue weighted by Gasteiger charge is 2.44. The largest absolute Gasteiger partial charge is 0.469 e. The molecule has 0 saturated carbocycles. The molecule has 12 nitrogen and oxygen atoms in total. The molecular weight excluding hydrogens is 331 g/mol. The number of aliphatic hydroxyl groups is 1. The quantitative estimate of drug-likeness (QED) is 0.388. The lowest BCUT2D eigenvalue weighted by atomic mass is 10.1. The average Bonchev–Trinajstić information content (AvgIpc) is 3.01. The minimum atomic E-state index is -4.66. The van der Waals surface area contributed by atoms with Crippen molar-refractivity contribution in [2.45, 2.75) is 24.5 Å². The van der Waals surface area contributed by atoms with E-state index in [2.05, 4.69) is 19.5 Å². The number of nitrogens with zero attached hydrogens (tertiary/aromatic N) is 4. The Balaban J connectivity index is 1.85. The normalized spacial score (nSPS) is 28.5. The van der Waals surface area contributed by atoms with Gasteiger partial charge >= 0.3 is 7.82 Å². The van der Waals surface area contributed by atoms with Gasteiger partial charge in [-0.1, -0.05) is 0 Å². The lowest BCUT2D eigenvalue weighted by molar-refractivity contribution is -0.0483. The predicted molar refractivity (Wildman–Crippen MR) is 75.6 cm³/mol. The van der Waals surface area contributed by atoms with Crippen molar-refractivity contribution in [3.05, 3.63) is 12.7 Å². The molecule has 23 heavy (non-hydrogen) atoms. The van der Waals surface area contributed by atoms with Gasteiger partial charge in [-0.2, -0.15) is 0 Å². The summed E-state index contributed by atoms with van der Waals surface area (Å²) in [4.78, 5) is 29.4. The van der Waals surface area contributed by atoms with Crippen LogP contribution in [0.15, 0.2) is 12.7 Å². The molecule has 126 valence electrons. The van der Waals surface area contributed by atoms with Crippen molar-refractivity contribution in [3.63, 3.8) is 0 Å². The molecule has 0 bridgehead atoms. The van der Waals surface area contributed by atoms with E-state index in [9.17, 15) is 9.67 Å². The second kappa shape index (κ2) is 5.76. The van der Waals surface area contributed by atoms with Crippen molar-refractivity contribution >= 4 is 24.8 Å². The maximum atomic E-state index is 10.8. The van der Waals surface area contributed by atoms with Crippen molar-refractivity contribution in [2.24, 2.45) is 5.73 Å². The molecular formula is C10H15N6O6P. The van der Waals surface area contributed by atoms with Gasteiger partial charge in [0.2, 0.25) is 0 Å². The summed E-state index contributed by atoms with van der Waals surface area (Å²) in [5, 5.41) is 10.2. The summed E-state index contributed by atoms with van der Waals surface area (Å²) in [6.45, 7) is -0.469. The maximum absolute atomic E-state index is 10.8. The number of ether oxygens (including phenoxy) is 1. The van der Waals surface area contributed by atoms with Gasteiger partial charge in [-0.15, -0.1) is 0 Å². The maximum Gasteiger partial charge on any atom is 0.469 e. The molecule has 1 saturated heterocycles. The molecule has 1 fully saturated rings. The van der Waals surface area contributed by atoms with E-state index in [4.69, 9.17) is 26.0 Å². The number of anilines is 1. The van der Waals surface area contributed by atoms with Gasteiger partial charge in [0.05, 0.1) is 19.0 Å². The second-order valence-electron chi connectivity index (χ2n) is 5.00. The van der Waals surface area contributed by atoms with E-state index >= 15 is 0 Å². The first-order valence-electron chi connectivity index (χ1n) is 6.50. The first-order chi connectivity index (χ1) is 10.8. The van der Waals surface area contributed by atoms with Crippen LogP contribution in [-0.4, -0.2) is 59.3 Å². The lowest BCUT2D eigenvalue weighted by Gasteiger charge is -2.16. The molecule has 3 heterocycles. The Morgan fingerprint density at radius 3 is 2.83 bits per heavy atom. The van der Waals surface area contributed by atoms with Crippen molar-refractivity contribution in [1.29, 1.82) is 0 Å². The van der Waals surface area contributed by atoms with E-state index in [0.29, 0.717) is 11.2 Å². The molecule has 1 aliphatic rings. The fraction of sp³-hybridized carbons (Fsp3) is 0.500. The van der Waals surface area contributed by atoms with Crippen LogP contribution in [0, 0.1) is 0 Å². The molecule has 0 aliphatic carbocycles. The van der Waals surface area contributed by atoms with E-state index in [1.807, 2.05) is 0 Å². The number of phosphoric acid groups is 1. The number of fused-ring (bicyclic) bond motifs is 1. The number of aliphatic hydroxyl groups excluding tert-OH is 1. The molecule has 0 radical (unpaired) electrons. The van der Waals surface area contributed by atoms with Crippen LogP contribution in [0.1, 0.15) is 6.23 Å². The lowest BCUT2D eigenvalue weighted by Crippen LogP contribution is -2.41. The monoisotopic (exact) mass is 346 g/mol. The van der Waals surface area contributed by atoms with Gasteiger partial charge in [-0.25, -0.2) is 19.5 Å². The fourth-order valence-electron chi connectivity index (χ4n) is 2.37. The zero-order valence-corrected chi connectivity index (χ0v) is 12.5. The van der Waals surface area contributed by atoms with E-state index in [1.165, 1.54) is 17.2 Å². The topological polar surface area (TPSA) is 192 Å². The molecule has 13 heteroatoms. The van der Waals surface area contributed by atoms with Crippen LogP contribution in [0.5, 0.6) is 0 Å². The summed E-state index contributed by atoms with van der Waals surface area (Å²) in [6.07, 6.45) is -0.420. The average molecular weight is 346 g/mol. The summed E-state index contributed by atoms with van der Waals surface area (Å²) >= 11 is 0. The van der Waals surface area contributed by atoms with Gasteiger partial charge in [0.15, 0.2) is 17.7 Å². The molecule has 2 aromatic rings. The van der Waals surface area contributed by atoms with Crippen molar-refractivity contribution in [2.75, 3.05) is 12.3 Å². The number of hydrogen-bond acceptors (Lipinski definition) is 9. The highest BCUT2D eigenvalue weighted by molar-refractivity contribution is 7.46. The molecule has 7 N–H and O–H groups in total. The number of nitrogens with two attached hydrogens (primary N) is 2. The molecule has 2 aromatic heterocycles. The van der Waals surface area contributed by atoms with Gasteiger partial charge in [-0.3, -0.25) is 9.09 Å². The second-order valence-corrected chi connectivity index (χ2v) is 6.24. The minimum absolute atomic E-state index is 0.173. The van der Waals surface area contributed by atoms with Crippen LogP contribution in [0.3, 0.4) is 0 Å². The number of hydrogen-bond donors (Lipinski definition) is 5. The molecule has 0 spiro atoms. The zero-order chi connectivity index (χ0) is 16.8. The highest BCUT2D eigenvalue weighted by Crippen LogP contribution is 2.38. The molecule has 2 unspecified atom stereocenters. The number of imidazole rings is 1. The smallest absolute Gasteiger partial charge is 0.387 e. The molecule has 0 amide bonds. The summed E-state index contributed by atoms with van der Waals surface area (Å²) < 4.78 is 22.1.